The number of carbonyl (C=O) groups is 2. The SMILES string of the molecule is Cc1ccc(N2C[C@@H](C(=O)Nc3cc(C)nn3-c3nc(C)c(C)c(=O)[nH]3)CC2=O)cc1. The van der Waals surface area contributed by atoms with Gasteiger partial charge in [0.15, 0.2) is 0 Å². The van der Waals surface area contributed by atoms with E-state index in [1.54, 1.807) is 31.7 Å². The van der Waals surface area contributed by atoms with Crippen molar-refractivity contribution in [2.75, 3.05) is 16.8 Å². The highest BCUT2D eigenvalue weighted by atomic mass is 16.2. The van der Waals surface area contributed by atoms with Gasteiger partial charge in [0.1, 0.15) is 5.82 Å². The second kappa shape index (κ2) is 7.82. The first-order chi connectivity index (χ1) is 14.7. The van der Waals surface area contributed by atoms with Crippen LogP contribution in [0.2, 0.25) is 0 Å². The molecule has 4 rings (SSSR count). The number of anilines is 2. The van der Waals surface area contributed by atoms with E-state index < -0.39 is 5.92 Å². The molecule has 3 heterocycles. The summed E-state index contributed by atoms with van der Waals surface area (Å²) in [5.74, 6) is -0.260. The van der Waals surface area contributed by atoms with Crippen LogP contribution in [0, 0.1) is 33.6 Å². The Morgan fingerprint density at radius 1 is 1.13 bits per heavy atom. The lowest BCUT2D eigenvalue weighted by Crippen LogP contribution is -2.29. The van der Waals surface area contributed by atoms with Crippen molar-refractivity contribution in [1.82, 2.24) is 19.7 Å². The van der Waals surface area contributed by atoms with Crippen molar-refractivity contribution in [3.8, 4) is 5.95 Å². The molecule has 0 radical (unpaired) electrons. The molecule has 3 aromatic rings. The first-order valence-corrected chi connectivity index (χ1v) is 10.1. The lowest BCUT2D eigenvalue weighted by Gasteiger charge is -2.17. The summed E-state index contributed by atoms with van der Waals surface area (Å²) in [4.78, 5) is 46.3. The van der Waals surface area contributed by atoms with Gasteiger partial charge in [-0.05, 0) is 39.8 Å². The monoisotopic (exact) mass is 420 g/mol. The molecule has 1 aliphatic heterocycles. The molecule has 2 amide bonds. The zero-order chi connectivity index (χ0) is 22.3. The van der Waals surface area contributed by atoms with Gasteiger partial charge in [-0.2, -0.15) is 9.78 Å². The maximum Gasteiger partial charge on any atom is 0.255 e. The van der Waals surface area contributed by atoms with Crippen LogP contribution >= 0.6 is 0 Å². The molecule has 160 valence electrons. The summed E-state index contributed by atoms with van der Waals surface area (Å²) in [7, 11) is 0. The number of aromatic nitrogens is 4. The van der Waals surface area contributed by atoms with Gasteiger partial charge in [-0.25, -0.2) is 4.98 Å². The number of benzene rings is 1. The first kappa shape index (κ1) is 20.5. The van der Waals surface area contributed by atoms with Crippen molar-refractivity contribution in [2.45, 2.75) is 34.1 Å². The average Bonchev–Trinajstić information content (AvgIpc) is 3.29. The largest absolute Gasteiger partial charge is 0.312 e. The van der Waals surface area contributed by atoms with Gasteiger partial charge >= 0.3 is 0 Å². The Hall–Kier alpha value is -3.75. The molecule has 2 N–H and O–H groups in total. The fourth-order valence-corrected chi connectivity index (χ4v) is 3.57. The maximum absolute atomic E-state index is 12.9. The molecule has 9 nitrogen and oxygen atoms in total. The van der Waals surface area contributed by atoms with E-state index >= 15 is 0 Å². The number of hydrogen-bond donors (Lipinski definition) is 2. The summed E-state index contributed by atoms with van der Waals surface area (Å²) in [6, 6.07) is 9.34. The van der Waals surface area contributed by atoms with E-state index in [0.717, 1.165) is 11.3 Å². The van der Waals surface area contributed by atoms with Crippen molar-refractivity contribution in [1.29, 1.82) is 0 Å². The molecule has 0 spiro atoms. The minimum absolute atomic E-state index is 0.0890. The Bertz CT molecular complexity index is 1230. The zero-order valence-corrected chi connectivity index (χ0v) is 17.9. The highest BCUT2D eigenvalue weighted by molar-refractivity contribution is 6.03. The van der Waals surface area contributed by atoms with E-state index in [2.05, 4.69) is 20.4 Å². The van der Waals surface area contributed by atoms with Gasteiger partial charge in [-0.1, -0.05) is 17.7 Å². The minimum Gasteiger partial charge on any atom is -0.312 e. The molecule has 1 fully saturated rings. The second-order valence-electron chi connectivity index (χ2n) is 7.91. The molecule has 2 aromatic heterocycles. The van der Waals surface area contributed by atoms with E-state index in [1.807, 2.05) is 31.2 Å². The average molecular weight is 420 g/mol. The summed E-state index contributed by atoms with van der Waals surface area (Å²) in [6.45, 7) is 7.50. The molecular weight excluding hydrogens is 396 g/mol. The number of amides is 2. The van der Waals surface area contributed by atoms with Gasteiger partial charge in [-0.15, -0.1) is 0 Å². The molecular formula is C22H24N6O3. The summed E-state index contributed by atoms with van der Waals surface area (Å²) in [5.41, 5.74) is 3.39. The van der Waals surface area contributed by atoms with Gasteiger partial charge in [0.05, 0.1) is 11.6 Å². The van der Waals surface area contributed by atoms with Crippen molar-refractivity contribution >= 4 is 23.3 Å². The quantitative estimate of drug-likeness (QED) is 0.672. The van der Waals surface area contributed by atoms with Gasteiger partial charge in [0, 0.05) is 36.0 Å². The number of aromatic amines is 1. The summed E-state index contributed by atoms with van der Waals surface area (Å²) in [5, 5.41) is 7.20. The zero-order valence-electron chi connectivity index (χ0n) is 17.9. The fourth-order valence-electron chi connectivity index (χ4n) is 3.57. The lowest BCUT2D eigenvalue weighted by molar-refractivity contribution is -0.122. The molecule has 31 heavy (non-hydrogen) atoms. The Morgan fingerprint density at radius 2 is 1.84 bits per heavy atom. The normalized spacial score (nSPS) is 16.1. The van der Waals surface area contributed by atoms with Crippen LogP contribution in [0.4, 0.5) is 11.5 Å². The Labute approximate surface area is 179 Å². The Balaban J connectivity index is 1.55. The molecule has 0 saturated carbocycles. The van der Waals surface area contributed by atoms with Crippen LogP contribution in [0.15, 0.2) is 35.1 Å². The second-order valence-corrected chi connectivity index (χ2v) is 7.91. The van der Waals surface area contributed by atoms with Crippen LogP contribution in [-0.4, -0.2) is 38.1 Å². The number of aryl methyl sites for hydroxylation is 3. The predicted molar refractivity (Wildman–Crippen MR) is 116 cm³/mol. The molecule has 0 unspecified atom stereocenters. The molecule has 9 heteroatoms. The van der Waals surface area contributed by atoms with E-state index in [1.165, 1.54) is 4.68 Å². The topological polar surface area (TPSA) is 113 Å². The Morgan fingerprint density at radius 3 is 2.52 bits per heavy atom. The predicted octanol–water partition coefficient (Wildman–Crippen LogP) is 2.18. The number of nitrogens with one attached hydrogen (secondary N) is 2. The third-order valence-electron chi connectivity index (χ3n) is 5.51. The molecule has 1 aliphatic rings. The van der Waals surface area contributed by atoms with Gasteiger partial charge in [0.2, 0.25) is 17.8 Å². The van der Waals surface area contributed by atoms with Crippen molar-refractivity contribution in [3.05, 3.63) is 63.2 Å². The smallest absolute Gasteiger partial charge is 0.255 e. The lowest BCUT2D eigenvalue weighted by atomic mass is 10.1. The highest BCUT2D eigenvalue weighted by Crippen LogP contribution is 2.26. The molecule has 1 saturated heterocycles. The third kappa shape index (κ3) is 3.98. The first-order valence-electron chi connectivity index (χ1n) is 10.1. The van der Waals surface area contributed by atoms with Crippen LogP contribution in [0.5, 0.6) is 0 Å². The fraction of sp³-hybridized carbons (Fsp3) is 0.318. The van der Waals surface area contributed by atoms with E-state index in [4.69, 9.17) is 0 Å². The standard InChI is InChI=1S/C22H24N6O3/c1-12-5-7-17(8-6-12)27-11-16(10-19(27)29)21(31)24-18-9-13(2)26-28(18)22-23-15(4)14(3)20(30)25-22/h5-9,16H,10-11H2,1-4H3,(H,24,31)(H,23,25,30)/t16-/m0/s1. The third-order valence-corrected chi connectivity index (χ3v) is 5.51. The van der Waals surface area contributed by atoms with Crippen LogP contribution in [0.3, 0.4) is 0 Å². The Kier molecular flexibility index (Phi) is 5.18. The van der Waals surface area contributed by atoms with E-state index in [0.29, 0.717) is 29.3 Å². The van der Waals surface area contributed by atoms with Gasteiger partial charge in [0.25, 0.3) is 5.56 Å². The summed E-state index contributed by atoms with van der Waals surface area (Å²) < 4.78 is 1.40. The number of hydrogen-bond acceptors (Lipinski definition) is 5. The van der Waals surface area contributed by atoms with Crippen molar-refractivity contribution in [2.24, 2.45) is 5.92 Å². The maximum atomic E-state index is 12.9. The van der Waals surface area contributed by atoms with Crippen molar-refractivity contribution in [3.63, 3.8) is 0 Å². The highest BCUT2D eigenvalue weighted by Gasteiger charge is 2.35. The molecule has 0 aliphatic carbocycles. The minimum atomic E-state index is -0.496. The summed E-state index contributed by atoms with van der Waals surface area (Å²) >= 11 is 0. The van der Waals surface area contributed by atoms with Crippen LogP contribution in [-0.2, 0) is 9.59 Å². The van der Waals surface area contributed by atoms with Crippen LogP contribution in [0.1, 0.15) is 28.9 Å². The molecule has 1 atom stereocenters. The number of carbonyl (C=O) groups excluding carboxylic acids is 2. The van der Waals surface area contributed by atoms with E-state index in [-0.39, 0.29) is 29.7 Å². The molecule has 1 aromatic carbocycles. The number of rotatable bonds is 4. The number of H-pyrrole nitrogens is 1. The van der Waals surface area contributed by atoms with Gasteiger partial charge in [-0.3, -0.25) is 19.4 Å². The number of nitrogens with zero attached hydrogens (tertiary/aromatic N) is 4. The van der Waals surface area contributed by atoms with E-state index in [9.17, 15) is 14.4 Å². The van der Waals surface area contributed by atoms with Crippen molar-refractivity contribution < 1.29 is 9.59 Å². The van der Waals surface area contributed by atoms with Crippen LogP contribution < -0.4 is 15.8 Å². The molecule has 0 bridgehead atoms. The summed E-state index contributed by atoms with van der Waals surface area (Å²) in [6.07, 6.45) is 0.131. The van der Waals surface area contributed by atoms with Gasteiger partial charge < -0.3 is 10.2 Å². The van der Waals surface area contributed by atoms with Crippen LogP contribution in [0.25, 0.3) is 5.95 Å².